The van der Waals surface area contributed by atoms with Crippen LogP contribution < -0.4 is 0 Å². The van der Waals surface area contributed by atoms with E-state index in [4.69, 9.17) is 4.74 Å². The summed E-state index contributed by atoms with van der Waals surface area (Å²) in [5.74, 6) is 0.715. The first kappa shape index (κ1) is 19.7. The highest BCUT2D eigenvalue weighted by Crippen LogP contribution is 2.20. The number of ether oxygens (including phenoxy) is 1. The highest BCUT2D eigenvalue weighted by molar-refractivity contribution is 5.79. The van der Waals surface area contributed by atoms with Gasteiger partial charge in [0.05, 0.1) is 24.4 Å². The Morgan fingerprint density at radius 3 is 2.77 bits per heavy atom. The predicted molar refractivity (Wildman–Crippen MR) is 116 cm³/mol. The molecule has 0 aliphatic carbocycles. The third kappa shape index (κ3) is 4.14. The van der Waals surface area contributed by atoms with E-state index in [1.807, 2.05) is 18.3 Å². The van der Waals surface area contributed by atoms with Crippen molar-refractivity contribution >= 4 is 16.6 Å². The van der Waals surface area contributed by atoms with Gasteiger partial charge < -0.3 is 4.74 Å². The number of aromatic nitrogens is 5. The van der Waals surface area contributed by atoms with E-state index in [1.54, 1.807) is 17.5 Å². The van der Waals surface area contributed by atoms with Gasteiger partial charge in [0.25, 0.3) is 0 Å². The van der Waals surface area contributed by atoms with Crippen LogP contribution in [0.1, 0.15) is 35.6 Å². The largest absolute Gasteiger partial charge is 0.379 e. The second-order valence-corrected chi connectivity index (χ2v) is 7.86. The first-order chi connectivity index (χ1) is 15.2. The van der Waals surface area contributed by atoms with Gasteiger partial charge in [-0.15, -0.1) is 10.2 Å². The van der Waals surface area contributed by atoms with Gasteiger partial charge in [0.15, 0.2) is 11.5 Å². The summed E-state index contributed by atoms with van der Waals surface area (Å²) >= 11 is 0. The van der Waals surface area contributed by atoms with Crippen molar-refractivity contribution in [3.05, 3.63) is 70.1 Å². The summed E-state index contributed by atoms with van der Waals surface area (Å²) in [4.78, 5) is 17.9. The summed E-state index contributed by atoms with van der Waals surface area (Å²) in [5, 5.41) is 17.2. The monoisotopic (exact) mass is 417 g/mol. The molecule has 4 heterocycles. The van der Waals surface area contributed by atoms with E-state index in [2.05, 4.69) is 48.6 Å². The average Bonchev–Trinajstić information content (AvgIpc) is 3.21. The molecule has 0 amide bonds. The molecule has 1 unspecified atom stereocenters. The summed E-state index contributed by atoms with van der Waals surface area (Å²) in [7, 11) is 0. The third-order valence-corrected chi connectivity index (χ3v) is 5.61. The molecule has 1 aliphatic heterocycles. The van der Waals surface area contributed by atoms with Gasteiger partial charge in [0, 0.05) is 37.6 Å². The van der Waals surface area contributed by atoms with Gasteiger partial charge in [0.2, 0.25) is 0 Å². The minimum atomic E-state index is -0.517. The van der Waals surface area contributed by atoms with E-state index in [1.165, 1.54) is 5.56 Å². The molecule has 0 spiro atoms. The molecule has 0 N–H and O–H groups in total. The average molecular weight is 417 g/mol. The fraction of sp³-hybridized carbons (Fsp3) is 0.364. The van der Waals surface area contributed by atoms with Crippen molar-refractivity contribution in [1.29, 1.82) is 0 Å². The molecule has 9 nitrogen and oxygen atoms in total. The molecule has 5 rings (SSSR count). The lowest BCUT2D eigenvalue weighted by atomic mass is 10.1. The second kappa shape index (κ2) is 8.44. The Kier molecular flexibility index (Phi) is 5.35. The third-order valence-electron chi connectivity index (χ3n) is 5.61. The van der Waals surface area contributed by atoms with Crippen LogP contribution in [0.25, 0.3) is 16.6 Å². The number of rotatable bonds is 6. The normalized spacial score (nSPS) is 16.0. The predicted octanol–water partition coefficient (Wildman–Crippen LogP) is 2.92. The zero-order valence-electron chi connectivity index (χ0n) is 17.3. The molecule has 4 aromatic rings. The number of benzene rings is 1. The van der Waals surface area contributed by atoms with Crippen LogP contribution in [0.15, 0.2) is 47.8 Å². The molecule has 1 saturated heterocycles. The minimum absolute atomic E-state index is 0.517. The van der Waals surface area contributed by atoms with Gasteiger partial charge in [-0.1, -0.05) is 11.2 Å². The number of hydrogen-bond donors (Lipinski definition) is 0. The van der Waals surface area contributed by atoms with Gasteiger partial charge in [-0.05, 0) is 48.4 Å². The van der Waals surface area contributed by atoms with Crippen LogP contribution in [0, 0.1) is 4.91 Å². The van der Waals surface area contributed by atoms with Crippen molar-refractivity contribution < 1.29 is 4.74 Å². The minimum Gasteiger partial charge on any atom is -0.379 e. The van der Waals surface area contributed by atoms with Crippen LogP contribution in [0.2, 0.25) is 0 Å². The molecule has 0 radical (unpaired) electrons. The Labute approximate surface area is 179 Å². The van der Waals surface area contributed by atoms with E-state index in [0.717, 1.165) is 49.3 Å². The highest BCUT2D eigenvalue weighted by atomic mass is 16.5. The Morgan fingerprint density at radius 1 is 1.10 bits per heavy atom. The van der Waals surface area contributed by atoms with Crippen molar-refractivity contribution in [2.45, 2.75) is 25.9 Å². The maximum absolute atomic E-state index is 10.9. The van der Waals surface area contributed by atoms with Crippen molar-refractivity contribution in [3.8, 4) is 0 Å². The zero-order chi connectivity index (χ0) is 21.2. The maximum atomic E-state index is 10.9. The van der Waals surface area contributed by atoms with Crippen LogP contribution in [-0.4, -0.2) is 56.0 Å². The summed E-state index contributed by atoms with van der Waals surface area (Å²) < 4.78 is 7.12. The molecule has 0 saturated carbocycles. The molecular formula is C22H23N7O2. The maximum Gasteiger partial charge on any atom is 0.177 e. The molecule has 1 atom stereocenters. The summed E-state index contributed by atoms with van der Waals surface area (Å²) in [6.45, 7) is 6.07. The van der Waals surface area contributed by atoms with E-state index >= 15 is 0 Å². The summed E-state index contributed by atoms with van der Waals surface area (Å²) in [6, 6.07) is 11.5. The van der Waals surface area contributed by atoms with Crippen molar-refractivity contribution in [2.24, 2.45) is 5.18 Å². The highest BCUT2D eigenvalue weighted by Gasteiger charge is 2.14. The molecule has 0 bridgehead atoms. The Morgan fingerprint density at radius 2 is 1.94 bits per heavy atom. The van der Waals surface area contributed by atoms with Crippen molar-refractivity contribution in [1.82, 2.24) is 29.7 Å². The number of pyridine rings is 1. The number of fused-ring (bicyclic) bond motifs is 2. The first-order valence-electron chi connectivity index (χ1n) is 10.4. The van der Waals surface area contributed by atoms with Gasteiger partial charge in [-0.3, -0.25) is 9.88 Å². The fourth-order valence-electron chi connectivity index (χ4n) is 3.86. The number of nitroso groups, excluding NO2 is 1. The van der Waals surface area contributed by atoms with Crippen LogP contribution in [0.4, 0.5) is 0 Å². The molecular weight excluding hydrogens is 394 g/mol. The van der Waals surface area contributed by atoms with E-state index < -0.39 is 6.04 Å². The molecule has 158 valence electrons. The van der Waals surface area contributed by atoms with Crippen LogP contribution in [0.3, 0.4) is 0 Å². The summed E-state index contributed by atoms with van der Waals surface area (Å²) in [6.07, 6.45) is 2.53. The quantitative estimate of drug-likeness (QED) is 0.445. The smallest absolute Gasteiger partial charge is 0.177 e. The number of morpholine rings is 1. The first-order valence-corrected chi connectivity index (χ1v) is 10.4. The summed E-state index contributed by atoms with van der Waals surface area (Å²) in [5.41, 5.74) is 4.50. The zero-order valence-corrected chi connectivity index (χ0v) is 17.3. The van der Waals surface area contributed by atoms with Gasteiger partial charge in [0.1, 0.15) is 6.04 Å². The fourth-order valence-corrected chi connectivity index (χ4v) is 3.86. The lowest BCUT2D eigenvalue weighted by Crippen LogP contribution is -2.35. The molecule has 1 aliphatic rings. The van der Waals surface area contributed by atoms with Crippen LogP contribution in [-0.2, 0) is 17.7 Å². The molecule has 3 aromatic heterocycles. The second-order valence-electron chi connectivity index (χ2n) is 7.86. The Hall–Kier alpha value is -3.30. The Bertz CT molecular complexity index is 1230. The van der Waals surface area contributed by atoms with E-state index in [9.17, 15) is 4.91 Å². The van der Waals surface area contributed by atoms with Crippen molar-refractivity contribution in [3.63, 3.8) is 0 Å². The van der Waals surface area contributed by atoms with E-state index in [0.29, 0.717) is 23.6 Å². The number of nitrogens with zero attached hydrogens (tertiary/aromatic N) is 7. The SMILES string of the molecule is CC(N=O)c1ccc2nnc(Cc3ccc4ncc(CN5CCOCC5)cc4c3)n2n1. The van der Waals surface area contributed by atoms with Crippen LogP contribution >= 0.6 is 0 Å². The standard InChI is InChI=1S/C22H23N7O2/c1-15(27-30)19-4-5-21-24-25-22(29(21)26-19)12-16-2-3-20-18(10-16)11-17(13-23-20)14-28-6-8-31-9-7-28/h2-5,10-11,13,15H,6-9,12,14H2,1H3. The van der Waals surface area contributed by atoms with E-state index in [-0.39, 0.29) is 0 Å². The lowest BCUT2D eigenvalue weighted by Gasteiger charge is -2.26. The molecule has 31 heavy (non-hydrogen) atoms. The van der Waals surface area contributed by atoms with Gasteiger partial charge in [-0.2, -0.15) is 14.5 Å². The molecule has 9 heteroatoms. The Balaban J connectivity index is 1.41. The van der Waals surface area contributed by atoms with Gasteiger partial charge >= 0.3 is 0 Å². The topological polar surface area (TPSA) is 97.9 Å². The van der Waals surface area contributed by atoms with Crippen LogP contribution in [0.5, 0.6) is 0 Å². The number of hydrogen-bond acceptors (Lipinski definition) is 8. The van der Waals surface area contributed by atoms with Gasteiger partial charge in [-0.25, -0.2) is 0 Å². The lowest BCUT2D eigenvalue weighted by molar-refractivity contribution is 0.0341. The molecule has 1 fully saturated rings. The van der Waals surface area contributed by atoms with Crippen molar-refractivity contribution in [2.75, 3.05) is 26.3 Å². The molecule has 1 aromatic carbocycles.